The summed E-state index contributed by atoms with van der Waals surface area (Å²) in [5.41, 5.74) is 1.66. The van der Waals surface area contributed by atoms with Crippen LogP contribution < -0.4 is 4.90 Å². The molecule has 0 radical (unpaired) electrons. The molecule has 0 bridgehead atoms. The number of hydrogen-bond donors (Lipinski definition) is 0. The van der Waals surface area contributed by atoms with Crippen LogP contribution in [0.5, 0.6) is 0 Å². The molecule has 0 saturated carbocycles. The number of benzene rings is 1. The molecule has 132 valence electrons. The minimum Gasteiger partial charge on any atom is -0.304 e. The molecule has 2 aromatic heterocycles. The summed E-state index contributed by atoms with van der Waals surface area (Å²) in [7, 11) is 0. The Bertz CT molecular complexity index is 992. The van der Waals surface area contributed by atoms with E-state index >= 15 is 0 Å². The highest BCUT2D eigenvalue weighted by Gasteiger charge is 2.33. The van der Waals surface area contributed by atoms with Gasteiger partial charge < -0.3 is 4.90 Å². The molecule has 3 aromatic rings. The number of nitrogens with zero attached hydrogens (tertiary/aromatic N) is 5. The first-order valence-electron chi connectivity index (χ1n) is 7.82. The molecule has 1 aliphatic heterocycles. The quantitative estimate of drug-likeness (QED) is 0.686. The molecule has 1 amide bonds. The average Bonchev–Trinajstić information content (AvgIpc) is 2.96. The van der Waals surface area contributed by atoms with Gasteiger partial charge in [-0.3, -0.25) is 14.8 Å². The minimum atomic E-state index is -0.629. The van der Waals surface area contributed by atoms with Gasteiger partial charge in [0.05, 0.1) is 29.1 Å². The predicted octanol–water partition coefficient (Wildman–Crippen LogP) is 3.37. The van der Waals surface area contributed by atoms with E-state index in [1.54, 1.807) is 24.7 Å². The van der Waals surface area contributed by atoms with Gasteiger partial charge in [-0.1, -0.05) is 29.3 Å². The summed E-state index contributed by atoms with van der Waals surface area (Å²) in [6, 6.07) is 4.55. The van der Waals surface area contributed by atoms with Gasteiger partial charge in [-0.05, 0) is 18.6 Å². The Morgan fingerprint density at radius 2 is 2.08 bits per heavy atom. The number of carbonyl (C=O) groups is 1. The lowest BCUT2D eigenvalue weighted by atomic mass is 10.1. The molecule has 4 rings (SSSR count). The van der Waals surface area contributed by atoms with Crippen molar-refractivity contribution in [1.82, 2.24) is 19.7 Å². The van der Waals surface area contributed by atoms with Crippen molar-refractivity contribution < 1.29 is 9.18 Å². The molecule has 0 aliphatic carbocycles. The molecular formula is C17H12Cl2FN5O. The highest BCUT2D eigenvalue weighted by atomic mass is 35.5. The lowest BCUT2D eigenvalue weighted by Gasteiger charge is -2.26. The van der Waals surface area contributed by atoms with Gasteiger partial charge in [-0.2, -0.15) is 5.10 Å². The molecule has 9 heteroatoms. The summed E-state index contributed by atoms with van der Waals surface area (Å²) in [5.74, 6) is -1.04. The maximum Gasteiger partial charge on any atom is 0.279 e. The fraction of sp³-hybridized carbons (Fsp3) is 0.176. The van der Waals surface area contributed by atoms with Gasteiger partial charge in [0.1, 0.15) is 5.15 Å². The highest BCUT2D eigenvalue weighted by molar-refractivity contribution is 6.31. The SMILES string of the molecule is O=C1c2nn(Cc3cnccn3)c(Cl)c2CCN1c1cccc(Cl)c1F. The molecule has 0 unspecified atom stereocenters. The largest absolute Gasteiger partial charge is 0.304 e. The van der Waals surface area contributed by atoms with Crippen molar-refractivity contribution in [2.45, 2.75) is 13.0 Å². The number of anilines is 1. The van der Waals surface area contributed by atoms with Gasteiger partial charge in [-0.15, -0.1) is 0 Å². The predicted molar refractivity (Wildman–Crippen MR) is 95.2 cm³/mol. The number of rotatable bonds is 3. The molecular weight excluding hydrogens is 380 g/mol. The Balaban J connectivity index is 1.69. The fourth-order valence-electron chi connectivity index (χ4n) is 2.93. The maximum absolute atomic E-state index is 14.3. The van der Waals surface area contributed by atoms with Crippen LogP contribution in [0.15, 0.2) is 36.8 Å². The van der Waals surface area contributed by atoms with Crippen LogP contribution in [0.25, 0.3) is 0 Å². The van der Waals surface area contributed by atoms with Crippen LogP contribution in [0.1, 0.15) is 21.7 Å². The van der Waals surface area contributed by atoms with E-state index in [0.29, 0.717) is 35.9 Å². The van der Waals surface area contributed by atoms with Crippen molar-refractivity contribution in [2.75, 3.05) is 11.4 Å². The van der Waals surface area contributed by atoms with Gasteiger partial charge in [0.25, 0.3) is 5.91 Å². The van der Waals surface area contributed by atoms with E-state index in [1.165, 1.54) is 21.7 Å². The van der Waals surface area contributed by atoms with Crippen LogP contribution in [0.3, 0.4) is 0 Å². The number of halogens is 3. The Morgan fingerprint density at radius 1 is 1.23 bits per heavy atom. The van der Waals surface area contributed by atoms with E-state index in [4.69, 9.17) is 23.2 Å². The zero-order chi connectivity index (χ0) is 18.3. The normalized spacial score (nSPS) is 13.8. The monoisotopic (exact) mass is 391 g/mol. The first kappa shape index (κ1) is 16.9. The van der Waals surface area contributed by atoms with E-state index in [1.807, 2.05) is 0 Å². The standard InChI is InChI=1S/C17H12Cl2FN5O/c18-12-2-1-3-13(14(12)20)24-7-4-11-15(17(24)26)23-25(16(11)19)9-10-8-21-5-6-22-10/h1-3,5-6,8H,4,7,9H2. The number of fused-ring (bicyclic) bond motifs is 1. The Kier molecular flexibility index (Phi) is 4.34. The Morgan fingerprint density at radius 3 is 2.85 bits per heavy atom. The van der Waals surface area contributed by atoms with Crippen LogP contribution in [0, 0.1) is 5.82 Å². The summed E-state index contributed by atoms with van der Waals surface area (Å²) in [6.07, 6.45) is 5.21. The molecule has 26 heavy (non-hydrogen) atoms. The van der Waals surface area contributed by atoms with Gasteiger partial charge in [-0.25, -0.2) is 9.07 Å². The van der Waals surface area contributed by atoms with Crippen LogP contribution in [0.2, 0.25) is 10.2 Å². The number of aromatic nitrogens is 4. The van der Waals surface area contributed by atoms with Crippen molar-refractivity contribution in [2.24, 2.45) is 0 Å². The molecule has 0 saturated heterocycles. The molecule has 3 heterocycles. The van der Waals surface area contributed by atoms with Gasteiger partial charge in [0, 0.05) is 24.5 Å². The highest BCUT2D eigenvalue weighted by Crippen LogP contribution is 2.32. The third-order valence-electron chi connectivity index (χ3n) is 4.17. The molecule has 0 fully saturated rings. The second-order valence-electron chi connectivity index (χ2n) is 5.75. The topological polar surface area (TPSA) is 63.9 Å². The van der Waals surface area contributed by atoms with Crippen molar-refractivity contribution in [3.8, 4) is 0 Å². The first-order chi connectivity index (χ1) is 12.6. The van der Waals surface area contributed by atoms with E-state index in [0.717, 1.165) is 0 Å². The number of amides is 1. The van der Waals surface area contributed by atoms with Crippen molar-refractivity contribution in [3.63, 3.8) is 0 Å². The number of hydrogen-bond acceptors (Lipinski definition) is 4. The van der Waals surface area contributed by atoms with Crippen LogP contribution in [-0.2, 0) is 13.0 Å². The maximum atomic E-state index is 14.3. The van der Waals surface area contributed by atoms with Gasteiger partial charge in [0.2, 0.25) is 0 Å². The minimum absolute atomic E-state index is 0.0349. The second-order valence-corrected chi connectivity index (χ2v) is 6.52. The molecule has 1 aliphatic rings. The van der Waals surface area contributed by atoms with Crippen LogP contribution >= 0.6 is 23.2 Å². The Labute approximate surface area is 158 Å². The fourth-order valence-corrected chi connectivity index (χ4v) is 3.38. The zero-order valence-electron chi connectivity index (χ0n) is 13.4. The Hall–Kier alpha value is -2.51. The van der Waals surface area contributed by atoms with Crippen LogP contribution in [-0.4, -0.2) is 32.2 Å². The van der Waals surface area contributed by atoms with Gasteiger partial charge >= 0.3 is 0 Å². The molecule has 0 N–H and O–H groups in total. The summed E-state index contributed by atoms with van der Waals surface area (Å²) >= 11 is 12.2. The smallest absolute Gasteiger partial charge is 0.279 e. The molecule has 6 nitrogen and oxygen atoms in total. The zero-order valence-corrected chi connectivity index (χ0v) is 14.9. The van der Waals surface area contributed by atoms with Crippen LogP contribution in [0.4, 0.5) is 10.1 Å². The summed E-state index contributed by atoms with van der Waals surface area (Å²) in [4.78, 5) is 22.4. The van der Waals surface area contributed by atoms with Crippen molar-refractivity contribution >= 4 is 34.8 Å². The summed E-state index contributed by atoms with van der Waals surface area (Å²) in [6.45, 7) is 0.581. The van der Waals surface area contributed by atoms with Gasteiger partial charge in [0.15, 0.2) is 11.5 Å². The molecule has 0 spiro atoms. The third-order valence-corrected chi connectivity index (χ3v) is 4.88. The lowest BCUT2D eigenvalue weighted by Crippen LogP contribution is -2.38. The van der Waals surface area contributed by atoms with Crippen molar-refractivity contribution in [3.05, 3.63) is 69.7 Å². The van der Waals surface area contributed by atoms with E-state index in [2.05, 4.69) is 15.1 Å². The summed E-state index contributed by atoms with van der Waals surface area (Å²) < 4.78 is 15.8. The second kappa shape index (κ2) is 6.66. The number of carbonyl (C=O) groups excluding carboxylic acids is 1. The molecule has 0 atom stereocenters. The lowest BCUT2D eigenvalue weighted by molar-refractivity contribution is 0.0974. The van der Waals surface area contributed by atoms with E-state index < -0.39 is 11.7 Å². The molecule has 1 aromatic carbocycles. The van der Waals surface area contributed by atoms with E-state index in [-0.39, 0.29) is 16.4 Å². The first-order valence-corrected chi connectivity index (χ1v) is 8.58. The summed E-state index contributed by atoms with van der Waals surface area (Å²) in [5, 5.41) is 4.67. The van der Waals surface area contributed by atoms with E-state index in [9.17, 15) is 9.18 Å². The third kappa shape index (κ3) is 2.83. The average molecular weight is 392 g/mol. The van der Waals surface area contributed by atoms with Crippen molar-refractivity contribution in [1.29, 1.82) is 0 Å².